The lowest BCUT2D eigenvalue weighted by molar-refractivity contribution is -0.119. The summed E-state index contributed by atoms with van der Waals surface area (Å²) in [7, 11) is 0. The maximum absolute atomic E-state index is 12.0. The van der Waals surface area contributed by atoms with Crippen LogP contribution in [-0.4, -0.2) is 31.4 Å². The molecule has 2 amide bonds. The van der Waals surface area contributed by atoms with Gasteiger partial charge in [-0.3, -0.25) is 9.59 Å². The lowest BCUT2D eigenvalue weighted by Crippen LogP contribution is -2.30. The van der Waals surface area contributed by atoms with Crippen molar-refractivity contribution in [1.82, 2.24) is 10.6 Å². The van der Waals surface area contributed by atoms with Crippen LogP contribution in [0.1, 0.15) is 121 Å². The molecule has 0 saturated carbocycles. The number of benzene rings is 1. The Hall–Kier alpha value is -2.04. The standard InChI is InChI=1S/C28H49N3O2/c1-3-5-6-7-8-9-10-11-12-13-14-15-16-17-23-29-27(32)24-31-26-20-18-25(19-21-26)28(33)30-22-4-2/h18-21,31H,3-17,22-24H2,1-2H3,(H,29,32)(H,30,33). The van der Waals surface area contributed by atoms with Crippen LogP contribution in [0.4, 0.5) is 5.69 Å². The SMILES string of the molecule is CCCCCCCCCCCCCCCCNC(=O)CNc1ccc(C(=O)NCCC)cc1. The lowest BCUT2D eigenvalue weighted by Gasteiger charge is -2.09. The lowest BCUT2D eigenvalue weighted by atomic mass is 10.0. The Morgan fingerprint density at radius 3 is 1.64 bits per heavy atom. The molecule has 0 aliphatic heterocycles. The second-order valence-electron chi connectivity index (χ2n) is 9.13. The first-order chi connectivity index (χ1) is 16.2. The average Bonchev–Trinajstić information content (AvgIpc) is 2.84. The van der Waals surface area contributed by atoms with Crippen LogP contribution in [-0.2, 0) is 4.79 Å². The number of anilines is 1. The van der Waals surface area contributed by atoms with Gasteiger partial charge in [0.05, 0.1) is 6.54 Å². The number of nitrogens with one attached hydrogen (secondary N) is 3. The van der Waals surface area contributed by atoms with Crippen molar-refractivity contribution in [2.75, 3.05) is 25.0 Å². The largest absolute Gasteiger partial charge is 0.376 e. The van der Waals surface area contributed by atoms with Crippen LogP contribution in [0.25, 0.3) is 0 Å². The third-order valence-electron chi connectivity index (χ3n) is 5.99. The summed E-state index contributed by atoms with van der Waals surface area (Å²) in [5, 5.41) is 8.95. The number of carbonyl (C=O) groups excluding carboxylic acids is 2. The molecule has 0 radical (unpaired) electrons. The van der Waals surface area contributed by atoms with Crippen molar-refractivity contribution >= 4 is 17.5 Å². The fourth-order valence-electron chi connectivity index (χ4n) is 3.87. The van der Waals surface area contributed by atoms with E-state index in [1.807, 2.05) is 19.1 Å². The van der Waals surface area contributed by atoms with E-state index in [2.05, 4.69) is 22.9 Å². The van der Waals surface area contributed by atoms with Gasteiger partial charge in [0, 0.05) is 24.3 Å². The van der Waals surface area contributed by atoms with Crippen molar-refractivity contribution in [1.29, 1.82) is 0 Å². The van der Waals surface area contributed by atoms with Crippen molar-refractivity contribution in [2.45, 2.75) is 110 Å². The highest BCUT2D eigenvalue weighted by molar-refractivity contribution is 5.94. The normalized spacial score (nSPS) is 10.7. The molecule has 188 valence electrons. The predicted octanol–water partition coefficient (Wildman–Crippen LogP) is 6.84. The fourth-order valence-corrected chi connectivity index (χ4v) is 3.87. The highest BCUT2D eigenvalue weighted by atomic mass is 16.2. The number of hydrogen-bond acceptors (Lipinski definition) is 3. The van der Waals surface area contributed by atoms with Crippen molar-refractivity contribution < 1.29 is 9.59 Å². The molecule has 0 fully saturated rings. The van der Waals surface area contributed by atoms with Crippen molar-refractivity contribution in [3.05, 3.63) is 29.8 Å². The smallest absolute Gasteiger partial charge is 0.251 e. The number of unbranched alkanes of at least 4 members (excludes halogenated alkanes) is 13. The van der Waals surface area contributed by atoms with Crippen LogP contribution in [0.5, 0.6) is 0 Å². The Bertz CT molecular complexity index is 616. The molecule has 33 heavy (non-hydrogen) atoms. The Labute approximate surface area is 202 Å². The number of carbonyl (C=O) groups is 2. The van der Waals surface area contributed by atoms with E-state index in [0.717, 1.165) is 25.1 Å². The van der Waals surface area contributed by atoms with Gasteiger partial charge < -0.3 is 16.0 Å². The molecule has 0 spiro atoms. The fraction of sp³-hybridized carbons (Fsp3) is 0.714. The Morgan fingerprint density at radius 2 is 1.12 bits per heavy atom. The molecular formula is C28H49N3O2. The van der Waals surface area contributed by atoms with Gasteiger partial charge in [0.25, 0.3) is 5.91 Å². The quantitative estimate of drug-likeness (QED) is 0.176. The average molecular weight is 460 g/mol. The molecule has 3 N–H and O–H groups in total. The molecule has 0 saturated heterocycles. The van der Waals surface area contributed by atoms with E-state index in [9.17, 15) is 9.59 Å². The first kappa shape index (κ1) is 29.0. The van der Waals surface area contributed by atoms with Gasteiger partial charge in [0.1, 0.15) is 0 Å². The van der Waals surface area contributed by atoms with Gasteiger partial charge in [-0.2, -0.15) is 0 Å². The summed E-state index contributed by atoms with van der Waals surface area (Å²) in [4.78, 5) is 23.9. The second-order valence-corrected chi connectivity index (χ2v) is 9.13. The van der Waals surface area contributed by atoms with E-state index in [1.54, 1.807) is 12.1 Å². The molecule has 0 atom stereocenters. The molecule has 0 bridgehead atoms. The highest BCUT2D eigenvalue weighted by Gasteiger charge is 2.05. The maximum atomic E-state index is 12.0. The minimum Gasteiger partial charge on any atom is -0.376 e. The topological polar surface area (TPSA) is 70.2 Å². The van der Waals surface area contributed by atoms with Gasteiger partial charge in [0.2, 0.25) is 5.91 Å². The Kier molecular flexibility index (Phi) is 18.1. The van der Waals surface area contributed by atoms with Crippen LogP contribution in [0.3, 0.4) is 0 Å². The molecule has 0 aromatic heterocycles. The minimum atomic E-state index is -0.0608. The first-order valence-electron chi connectivity index (χ1n) is 13.6. The zero-order chi connectivity index (χ0) is 24.0. The number of amides is 2. The van der Waals surface area contributed by atoms with Gasteiger partial charge in [0.15, 0.2) is 0 Å². The summed E-state index contributed by atoms with van der Waals surface area (Å²) in [6.07, 6.45) is 19.7. The highest BCUT2D eigenvalue weighted by Crippen LogP contribution is 2.13. The van der Waals surface area contributed by atoms with Gasteiger partial charge in [-0.15, -0.1) is 0 Å². The van der Waals surface area contributed by atoms with E-state index >= 15 is 0 Å². The van der Waals surface area contributed by atoms with Gasteiger partial charge >= 0.3 is 0 Å². The predicted molar refractivity (Wildman–Crippen MR) is 141 cm³/mol. The first-order valence-corrected chi connectivity index (χ1v) is 13.6. The molecule has 1 aromatic carbocycles. The second kappa shape index (κ2) is 20.6. The summed E-state index contributed by atoms with van der Waals surface area (Å²) in [5.41, 5.74) is 1.48. The van der Waals surface area contributed by atoms with Crippen LogP contribution < -0.4 is 16.0 Å². The summed E-state index contributed by atoms with van der Waals surface area (Å²) in [6, 6.07) is 7.23. The molecule has 0 aliphatic rings. The van der Waals surface area contributed by atoms with E-state index in [0.29, 0.717) is 12.1 Å². The third-order valence-corrected chi connectivity index (χ3v) is 5.99. The zero-order valence-corrected chi connectivity index (χ0v) is 21.4. The van der Waals surface area contributed by atoms with Crippen LogP contribution in [0.15, 0.2) is 24.3 Å². The minimum absolute atomic E-state index is 0.00876. The van der Waals surface area contributed by atoms with E-state index in [4.69, 9.17) is 0 Å². The molecular weight excluding hydrogens is 410 g/mol. The number of rotatable bonds is 21. The monoisotopic (exact) mass is 459 g/mol. The number of hydrogen-bond donors (Lipinski definition) is 3. The summed E-state index contributed by atoms with van der Waals surface area (Å²) in [5.74, 6) is -0.0521. The van der Waals surface area contributed by atoms with Crippen LogP contribution in [0.2, 0.25) is 0 Å². The van der Waals surface area contributed by atoms with E-state index in [1.165, 1.54) is 83.5 Å². The van der Waals surface area contributed by atoms with Gasteiger partial charge in [-0.1, -0.05) is 97.3 Å². The van der Waals surface area contributed by atoms with Crippen molar-refractivity contribution in [3.63, 3.8) is 0 Å². The summed E-state index contributed by atoms with van der Waals surface area (Å²) >= 11 is 0. The molecule has 1 aromatic rings. The van der Waals surface area contributed by atoms with Gasteiger partial charge in [-0.25, -0.2) is 0 Å². The summed E-state index contributed by atoms with van der Waals surface area (Å²) < 4.78 is 0. The Balaban J connectivity index is 1.93. The van der Waals surface area contributed by atoms with Crippen LogP contribution in [0, 0.1) is 0 Å². The third kappa shape index (κ3) is 16.3. The van der Waals surface area contributed by atoms with Crippen LogP contribution >= 0.6 is 0 Å². The van der Waals surface area contributed by atoms with E-state index in [-0.39, 0.29) is 18.4 Å². The maximum Gasteiger partial charge on any atom is 0.251 e. The van der Waals surface area contributed by atoms with Gasteiger partial charge in [-0.05, 0) is 37.1 Å². The molecule has 0 heterocycles. The molecule has 0 unspecified atom stereocenters. The molecule has 5 heteroatoms. The molecule has 1 rings (SSSR count). The van der Waals surface area contributed by atoms with E-state index < -0.39 is 0 Å². The van der Waals surface area contributed by atoms with Crippen molar-refractivity contribution in [3.8, 4) is 0 Å². The zero-order valence-electron chi connectivity index (χ0n) is 21.4. The summed E-state index contributed by atoms with van der Waals surface area (Å²) in [6.45, 7) is 5.97. The molecule has 0 aliphatic carbocycles. The molecule has 5 nitrogen and oxygen atoms in total. The van der Waals surface area contributed by atoms with Crippen molar-refractivity contribution in [2.24, 2.45) is 0 Å². The Morgan fingerprint density at radius 1 is 0.606 bits per heavy atom.